The Morgan fingerprint density at radius 3 is 2.25 bits per heavy atom. The average molecular weight is 392 g/mol. The lowest BCUT2D eigenvalue weighted by atomic mass is 9.68. The molecule has 2 unspecified atom stereocenters. The van der Waals surface area contributed by atoms with Gasteiger partial charge in [-0.05, 0) is 31.4 Å². The van der Waals surface area contributed by atoms with Crippen LogP contribution in [0.5, 0.6) is 0 Å². The number of rotatable bonds is 7. The van der Waals surface area contributed by atoms with Gasteiger partial charge in [0.05, 0.1) is 19.1 Å². The summed E-state index contributed by atoms with van der Waals surface area (Å²) in [5, 5.41) is 14.2. The molecule has 152 valence electrons. The number of nitrogens with zero attached hydrogens (tertiary/aromatic N) is 1. The molecule has 1 amide bonds. The van der Waals surface area contributed by atoms with Crippen LogP contribution < -0.4 is 5.32 Å². The highest BCUT2D eigenvalue weighted by atomic mass is 16.6. The summed E-state index contributed by atoms with van der Waals surface area (Å²) in [5.41, 5.74) is -1.13. The highest BCUT2D eigenvalue weighted by Gasteiger charge is 2.63. The van der Waals surface area contributed by atoms with E-state index in [1.54, 1.807) is 38.1 Å². The Hall–Kier alpha value is -2.97. The van der Waals surface area contributed by atoms with Crippen LogP contribution in [-0.2, 0) is 30.3 Å². The first kappa shape index (κ1) is 21.3. The zero-order valence-electron chi connectivity index (χ0n) is 16.1. The third kappa shape index (κ3) is 3.83. The van der Waals surface area contributed by atoms with Crippen LogP contribution in [0.15, 0.2) is 24.3 Å². The molecule has 0 bridgehead atoms. The van der Waals surface area contributed by atoms with Crippen LogP contribution in [0.2, 0.25) is 0 Å². The molecule has 9 heteroatoms. The molecule has 0 spiro atoms. The molecule has 2 rings (SSSR count). The van der Waals surface area contributed by atoms with Gasteiger partial charge >= 0.3 is 11.9 Å². The van der Waals surface area contributed by atoms with Crippen molar-refractivity contribution in [1.82, 2.24) is 5.32 Å². The molecule has 9 nitrogen and oxygen atoms in total. The third-order valence-corrected chi connectivity index (χ3v) is 4.79. The first-order chi connectivity index (χ1) is 13.3. The van der Waals surface area contributed by atoms with Gasteiger partial charge in [0, 0.05) is 18.3 Å². The smallest absolute Gasteiger partial charge is 0.344 e. The number of amides is 1. The molecule has 0 fully saturated rings. The predicted molar refractivity (Wildman–Crippen MR) is 98.1 cm³/mol. The SMILES string of the molecule is CCOC(=O)C(NC(C)=O)(C(=O)OCC)C1c2ccccc2CCC1[N+](=O)[O-]. The molecule has 28 heavy (non-hydrogen) atoms. The van der Waals surface area contributed by atoms with Crippen molar-refractivity contribution in [3.05, 3.63) is 45.5 Å². The van der Waals surface area contributed by atoms with Gasteiger partial charge in [0.25, 0.3) is 0 Å². The number of hydrogen-bond acceptors (Lipinski definition) is 7. The van der Waals surface area contributed by atoms with Crippen LogP contribution in [0.1, 0.15) is 44.2 Å². The Bertz CT molecular complexity index is 759. The van der Waals surface area contributed by atoms with Gasteiger partial charge in [-0.15, -0.1) is 0 Å². The Morgan fingerprint density at radius 1 is 1.18 bits per heavy atom. The van der Waals surface area contributed by atoms with E-state index >= 15 is 0 Å². The lowest BCUT2D eigenvalue weighted by Gasteiger charge is -2.40. The molecule has 0 saturated heterocycles. The highest BCUT2D eigenvalue weighted by molar-refractivity contribution is 6.09. The highest BCUT2D eigenvalue weighted by Crippen LogP contribution is 2.42. The summed E-state index contributed by atoms with van der Waals surface area (Å²) in [5.74, 6) is -4.12. The molecule has 1 aromatic rings. The van der Waals surface area contributed by atoms with E-state index in [2.05, 4.69) is 5.32 Å². The van der Waals surface area contributed by atoms with Gasteiger partial charge in [0.2, 0.25) is 17.5 Å². The number of ether oxygens (including phenoxy) is 2. The van der Waals surface area contributed by atoms with E-state index in [4.69, 9.17) is 9.47 Å². The van der Waals surface area contributed by atoms with Crippen molar-refractivity contribution in [1.29, 1.82) is 0 Å². The van der Waals surface area contributed by atoms with Crippen LogP contribution in [0, 0.1) is 10.1 Å². The molecule has 1 aliphatic carbocycles. The van der Waals surface area contributed by atoms with E-state index in [0.29, 0.717) is 12.0 Å². The first-order valence-corrected chi connectivity index (χ1v) is 9.14. The molecule has 0 saturated carbocycles. The van der Waals surface area contributed by atoms with Crippen molar-refractivity contribution in [2.75, 3.05) is 13.2 Å². The molecular weight excluding hydrogens is 368 g/mol. The van der Waals surface area contributed by atoms with Gasteiger partial charge in [0.1, 0.15) is 0 Å². The average Bonchev–Trinajstić information content (AvgIpc) is 2.65. The monoisotopic (exact) mass is 392 g/mol. The van der Waals surface area contributed by atoms with Crippen LogP contribution in [0.3, 0.4) is 0 Å². The minimum absolute atomic E-state index is 0.0724. The number of fused-ring (bicyclic) bond motifs is 1. The number of nitrogens with one attached hydrogen (secondary N) is 1. The van der Waals surface area contributed by atoms with Gasteiger partial charge < -0.3 is 14.8 Å². The van der Waals surface area contributed by atoms with E-state index < -0.39 is 40.3 Å². The quantitative estimate of drug-likeness (QED) is 0.321. The summed E-state index contributed by atoms with van der Waals surface area (Å²) in [6.45, 7) is 4.07. The van der Waals surface area contributed by atoms with Crippen molar-refractivity contribution in [2.24, 2.45) is 0 Å². The van der Waals surface area contributed by atoms with Crippen molar-refractivity contribution < 1.29 is 28.8 Å². The fourth-order valence-corrected chi connectivity index (χ4v) is 3.78. The second kappa shape index (κ2) is 8.81. The van der Waals surface area contributed by atoms with E-state index in [9.17, 15) is 24.5 Å². The molecule has 0 aromatic heterocycles. The van der Waals surface area contributed by atoms with Gasteiger partial charge in [0.15, 0.2) is 0 Å². The molecule has 1 N–H and O–H groups in total. The Balaban J connectivity index is 2.80. The molecular formula is C19H24N2O7. The van der Waals surface area contributed by atoms with Crippen molar-refractivity contribution in [3.8, 4) is 0 Å². The van der Waals surface area contributed by atoms with E-state index in [1.165, 1.54) is 0 Å². The standard InChI is InChI=1S/C19H24N2O7/c1-4-27-17(23)19(20-12(3)22,18(24)28-5-2)16-14-9-7-6-8-13(14)10-11-15(16)21(25)26/h6-9,15-16H,4-5,10-11H2,1-3H3,(H,20,22). The zero-order valence-corrected chi connectivity index (χ0v) is 16.1. The molecule has 1 aromatic carbocycles. The largest absolute Gasteiger partial charge is 0.464 e. The maximum absolute atomic E-state index is 13.0. The van der Waals surface area contributed by atoms with E-state index in [-0.39, 0.29) is 19.6 Å². The fourth-order valence-electron chi connectivity index (χ4n) is 3.78. The van der Waals surface area contributed by atoms with Crippen molar-refractivity contribution in [2.45, 2.75) is 51.1 Å². The van der Waals surface area contributed by atoms with E-state index in [1.807, 2.05) is 0 Å². The summed E-state index contributed by atoms with van der Waals surface area (Å²) in [6.07, 6.45) is 0.523. The van der Waals surface area contributed by atoms with Crippen LogP contribution >= 0.6 is 0 Å². The van der Waals surface area contributed by atoms with Crippen LogP contribution in [0.4, 0.5) is 0 Å². The summed E-state index contributed by atoms with van der Waals surface area (Å²) in [4.78, 5) is 49.4. The number of hydrogen-bond donors (Lipinski definition) is 1. The summed E-state index contributed by atoms with van der Waals surface area (Å²) < 4.78 is 10.2. The van der Waals surface area contributed by atoms with Crippen molar-refractivity contribution >= 4 is 17.8 Å². The number of benzene rings is 1. The van der Waals surface area contributed by atoms with Gasteiger partial charge in [-0.2, -0.15) is 0 Å². The summed E-state index contributed by atoms with van der Waals surface area (Å²) in [7, 11) is 0. The number of carbonyl (C=O) groups is 3. The number of carbonyl (C=O) groups excluding carboxylic acids is 3. The molecule has 2 atom stereocenters. The van der Waals surface area contributed by atoms with Crippen LogP contribution in [-0.4, -0.2) is 47.6 Å². The normalized spacial score (nSPS) is 18.5. The van der Waals surface area contributed by atoms with Gasteiger partial charge in [-0.1, -0.05) is 24.3 Å². The topological polar surface area (TPSA) is 125 Å². The minimum atomic E-state index is -2.36. The van der Waals surface area contributed by atoms with Crippen molar-refractivity contribution in [3.63, 3.8) is 0 Å². The molecule has 0 aliphatic heterocycles. The zero-order chi connectivity index (χ0) is 20.9. The minimum Gasteiger partial charge on any atom is -0.464 e. The Morgan fingerprint density at radius 2 is 1.75 bits per heavy atom. The molecule has 1 aliphatic rings. The summed E-state index contributed by atoms with van der Waals surface area (Å²) >= 11 is 0. The molecule has 0 heterocycles. The second-order valence-electron chi connectivity index (χ2n) is 6.50. The Labute approximate surface area is 162 Å². The lowest BCUT2D eigenvalue weighted by Crippen LogP contribution is -2.67. The lowest BCUT2D eigenvalue weighted by molar-refractivity contribution is -0.530. The Kier molecular flexibility index (Phi) is 6.71. The summed E-state index contributed by atoms with van der Waals surface area (Å²) in [6, 6.07) is 5.58. The third-order valence-electron chi connectivity index (χ3n) is 4.79. The van der Waals surface area contributed by atoms with E-state index in [0.717, 1.165) is 12.5 Å². The molecule has 0 radical (unpaired) electrons. The van der Waals surface area contributed by atoms with Crippen LogP contribution in [0.25, 0.3) is 0 Å². The number of nitro groups is 1. The number of aryl methyl sites for hydroxylation is 1. The number of esters is 2. The van der Waals surface area contributed by atoms with Gasteiger partial charge in [-0.25, -0.2) is 9.59 Å². The first-order valence-electron chi connectivity index (χ1n) is 9.14. The van der Waals surface area contributed by atoms with Gasteiger partial charge in [-0.3, -0.25) is 14.9 Å². The fraction of sp³-hybridized carbons (Fsp3) is 0.526. The maximum Gasteiger partial charge on any atom is 0.344 e. The predicted octanol–water partition coefficient (Wildman–Crippen LogP) is 1.36. The maximum atomic E-state index is 13.0. The second-order valence-corrected chi connectivity index (χ2v) is 6.50.